The minimum absolute atomic E-state index is 0.145. The fourth-order valence-corrected chi connectivity index (χ4v) is 3.78. The van der Waals surface area contributed by atoms with Crippen molar-refractivity contribution in [2.24, 2.45) is 0 Å². The summed E-state index contributed by atoms with van der Waals surface area (Å²) in [5.41, 5.74) is 3.92. The van der Waals surface area contributed by atoms with Gasteiger partial charge in [-0.25, -0.2) is 9.59 Å². The normalized spacial score (nSPS) is 13.6. The van der Waals surface area contributed by atoms with E-state index in [4.69, 9.17) is 5.11 Å². The van der Waals surface area contributed by atoms with E-state index in [9.17, 15) is 24.3 Å². The van der Waals surface area contributed by atoms with E-state index in [0.717, 1.165) is 32.6 Å². The molecule has 0 aliphatic rings. The maximum atomic E-state index is 12.0. The summed E-state index contributed by atoms with van der Waals surface area (Å²) in [5, 5.41) is 22.9. The van der Waals surface area contributed by atoms with Gasteiger partial charge in [0.25, 0.3) is 0 Å². The van der Waals surface area contributed by atoms with Crippen LogP contribution in [0.4, 0.5) is 0 Å². The Morgan fingerprint density at radius 1 is 0.788 bits per heavy atom. The molecular weight excluding hydrogens is 444 g/mol. The third-order valence-electron chi connectivity index (χ3n) is 4.66. The zero-order chi connectivity index (χ0) is 25.4. The van der Waals surface area contributed by atoms with E-state index >= 15 is 0 Å². The molecular formula is C24H38N2O6S. The number of amides is 2. The van der Waals surface area contributed by atoms with Gasteiger partial charge in [-0.2, -0.15) is 11.8 Å². The Balaban J connectivity index is 4.46. The molecule has 186 valence electrons. The predicted octanol–water partition coefficient (Wildman–Crippen LogP) is 3.69. The molecule has 0 radical (unpaired) electrons. The van der Waals surface area contributed by atoms with Gasteiger partial charge in [0.1, 0.15) is 12.1 Å². The average Bonchev–Trinajstić information content (AvgIpc) is 2.68. The van der Waals surface area contributed by atoms with Gasteiger partial charge in [0.2, 0.25) is 11.8 Å². The van der Waals surface area contributed by atoms with Crippen LogP contribution >= 0.6 is 11.8 Å². The topological polar surface area (TPSA) is 133 Å². The Morgan fingerprint density at radius 3 is 1.85 bits per heavy atom. The molecule has 0 saturated heterocycles. The molecule has 8 nitrogen and oxygen atoms in total. The lowest BCUT2D eigenvalue weighted by Gasteiger charge is -2.17. The largest absolute Gasteiger partial charge is 0.480 e. The smallest absolute Gasteiger partial charge is 0.327 e. The van der Waals surface area contributed by atoms with Crippen LogP contribution in [-0.2, 0) is 19.2 Å². The number of rotatable bonds is 16. The molecule has 0 aliphatic heterocycles. The standard InChI is InChI=1S/C24H38N2O6S/c1-16(2)8-6-9-17(3)10-7-11-18(4)12-13-33-15-21(24(31)32)26-22(28)14-20(23(29)30)25-19(5)27/h8,10,12,20-21H,6-7,9,11,13-15H2,1-5H3,(H,25,27)(H,26,28)(H,29,30)(H,31,32)/b17-10+,18-12+/t20-,21-/m0/s1. The first-order valence-corrected chi connectivity index (χ1v) is 12.1. The second-order valence-corrected chi connectivity index (χ2v) is 9.33. The lowest BCUT2D eigenvalue weighted by molar-refractivity contribution is -0.144. The van der Waals surface area contributed by atoms with Gasteiger partial charge in [-0.3, -0.25) is 9.59 Å². The third kappa shape index (κ3) is 16.7. The third-order valence-corrected chi connectivity index (χ3v) is 5.63. The molecule has 0 saturated carbocycles. The fourth-order valence-electron chi connectivity index (χ4n) is 2.78. The molecule has 0 heterocycles. The summed E-state index contributed by atoms with van der Waals surface area (Å²) in [4.78, 5) is 45.7. The highest BCUT2D eigenvalue weighted by Crippen LogP contribution is 2.13. The Labute approximate surface area is 201 Å². The van der Waals surface area contributed by atoms with Crippen molar-refractivity contribution in [3.05, 3.63) is 34.9 Å². The van der Waals surface area contributed by atoms with Crippen LogP contribution in [0.2, 0.25) is 0 Å². The summed E-state index contributed by atoms with van der Waals surface area (Å²) in [6.07, 6.45) is 10.0. The predicted molar refractivity (Wildman–Crippen MR) is 132 cm³/mol. The number of hydrogen-bond acceptors (Lipinski definition) is 5. The monoisotopic (exact) mass is 482 g/mol. The zero-order valence-electron chi connectivity index (χ0n) is 20.3. The highest BCUT2D eigenvalue weighted by Gasteiger charge is 2.25. The number of carboxylic acid groups (broad SMARTS) is 2. The molecule has 0 aliphatic carbocycles. The summed E-state index contributed by atoms with van der Waals surface area (Å²) in [6, 6.07) is -2.55. The first-order valence-electron chi connectivity index (χ1n) is 11.0. The molecule has 0 aromatic rings. The lowest BCUT2D eigenvalue weighted by Crippen LogP contribution is -2.47. The molecule has 2 amide bonds. The number of thioether (sulfide) groups is 1. The van der Waals surface area contributed by atoms with Crippen molar-refractivity contribution in [1.29, 1.82) is 0 Å². The van der Waals surface area contributed by atoms with Crippen molar-refractivity contribution in [3.8, 4) is 0 Å². The average molecular weight is 483 g/mol. The van der Waals surface area contributed by atoms with Crippen LogP contribution in [0.5, 0.6) is 0 Å². The van der Waals surface area contributed by atoms with Crippen molar-refractivity contribution in [2.75, 3.05) is 11.5 Å². The van der Waals surface area contributed by atoms with E-state index in [0.29, 0.717) is 5.75 Å². The van der Waals surface area contributed by atoms with E-state index in [1.54, 1.807) is 0 Å². The van der Waals surface area contributed by atoms with Crippen LogP contribution in [0.15, 0.2) is 34.9 Å². The SMILES string of the molecule is CC(=O)N[C@@H](CC(=O)N[C@@H](CSC/C=C(\C)CC/C=C(\C)CCC=C(C)C)C(=O)O)C(=O)O. The van der Waals surface area contributed by atoms with Gasteiger partial charge in [-0.15, -0.1) is 0 Å². The maximum Gasteiger partial charge on any atom is 0.327 e. The van der Waals surface area contributed by atoms with Crippen LogP contribution < -0.4 is 10.6 Å². The van der Waals surface area contributed by atoms with Gasteiger partial charge < -0.3 is 20.8 Å². The van der Waals surface area contributed by atoms with Gasteiger partial charge in [0.05, 0.1) is 6.42 Å². The molecule has 0 fully saturated rings. The Morgan fingerprint density at radius 2 is 1.33 bits per heavy atom. The van der Waals surface area contributed by atoms with Crippen molar-refractivity contribution < 1.29 is 29.4 Å². The van der Waals surface area contributed by atoms with Crippen molar-refractivity contribution in [1.82, 2.24) is 10.6 Å². The van der Waals surface area contributed by atoms with Gasteiger partial charge in [-0.1, -0.05) is 34.9 Å². The quantitative estimate of drug-likeness (QED) is 0.195. The molecule has 0 aromatic carbocycles. The molecule has 0 aromatic heterocycles. The van der Waals surface area contributed by atoms with E-state index < -0.39 is 42.3 Å². The first-order chi connectivity index (χ1) is 15.4. The Hall–Kier alpha value is -2.55. The highest BCUT2D eigenvalue weighted by molar-refractivity contribution is 7.99. The number of carbonyl (C=O) groups excluding carboxylic acids is 2. The number of allylic oxidation sites excluding steroid dienone is 5. The summed E-state index contributed by atoms with van der Waals surface area (Å²) >= 11 is 1.37. The number of carboxylic acids is 2. The van der Waals surface area contributed by atoms with Crippen LogP contribution in [0, 0.1) is 0 Å². The van der Waals surface area contributed by atoms with Gasteiger partial charge in [0.15, 0.2) is 0 Å². The summed E-state index contributed by atoms with van der Waals surface area (Å²) in [6.45, 7) is 9.52. The van der Waals surface area contributed by atoms with Crippen LogP contribution in [0.3, 0.4) is 0 Å². The number of aliphatic carboxylic acids is 2. The molecule has 0 bridgehead atoms. The van der Waals surface area contributed by atoms with E-state index in [-0.39, 0.29) is 5.75 Å². The van der Waals surface area contributed by atoms with Crippen molar-refractivity contribution >= 4 is 35.5 Å². The van der Waals surface area contributed by atoms with Crippen LogP contribution in [0.1, 0.15) is 66.7 Å². The zero-order valence-corrected chi connectivity index (χ0v) is 21.1. The Bertz CT molecular complexity index is 769. The van der Waals surface area contributed by atoms with E-state index in [1.807, 2.05) is 6.92 Å². The molecule has 0 spiro atoms. The fraction of sp³-hybridized carbons (Fsp3) is 0.583. The molecule has 33 heavy (non-hydrogen) atoms. The maximum absolute atomic E-state index is 12.0. The van der Waals surface area contributed by atoms with E-state index in [1.165, 1.54) is 28.5 Å². The van der Waals surface area contributed by atoms with Crippen molar-refractivity contribution in [2.45, 2.75) is 78.8 Å². The van der Waals surface area contributed by atoms with Crippen molar-refractivity contribution in [3.63, 3.8) is 0 Å². The molecule has 9 heteroatoms. The minimum Gasteiger partial charge on any atom is -0.480 e. The molecule has 0 rings (SSSR count). The highest BCUT2D eigenvalue weighted by atomic mass is 32.2. The van der Waals surface area contributed by atoms with Gasteiger partial charge in [0, 0.05) is 18.4 Å². The van der Waals surface area contributed by atoms with Crippen LogP contribution in [0.25, 0.3) is 0 Å². The summed E-state index contributed by atoms with van der Waals surface area (Å²) < 4.78 is 0. The number of hydrogen-bond donors (Lipinski definition) is 4. The Kier molecular flexibility index (Phi) is 15.7. The summed E-state index contributed by atoms with van der Waals surface area (Å²) in [7, 11) is 0. The second kappa shape index (κ2) is 17.0. The molecule has 4 N–H and O–H groups in total. The van der Waals surface area contributed by atoms with Crippen LogP contribution in [-0.4, -0.2) is 57.6 Å². The lowest BCUT2D eigenvalue weighted by atomic mass is 10.1. The van der Waals surface area contributed by atoms with Gasteiger partial charge >= 0.3 is 11.9 Å². The first kappa shape index (κ1) is 30.4. The molecule has 2 atom stereocenters. The van der Waals surface area contributed by atoms with Gasteiger partial charge in [-0.05, 0) is 53.4 Å². The second-order valence-electron chi connectivity index (χ2n) is 8.25. The number of nitrogens with one attached hydrogen (secondary N) is 2. The molecule has 0 unspecified atom stereocenters. The van der Waals surface area contributed by atoms with E-state index in [2.05, 4.69) is 49.6 Å². The summed E-state index contributed by atoms with van der Waals surface area (Å²) in [5.74, 6) is -3.14. The minimum atomic E-state index is -1.40. The number of carbonyl (C=O) groups is 4.